The first-order chi connectivity index (χ1) is 14.0. The van der Waals surface area contributed by atoms with Gasteiger partial charge < -0.3 is 9.47 Å². The van der Waals surface area contributed by atoms with Crippen LogP contribution >= 0.6 is 11.3 Å². The van der Waals surface area contributed by atoms with Crippen molar-refractivity contribution in [1.29, 1.82) is 0 Å². The molecule has 0 atom stereocenters. The summed E-state index contributed by atoms with van der Waals surface area (Å²) in [6.07, 6.45) is 7.53. The first kappa shape index (κ1) is 19.5. The number of nitrogens with zero attached hydrogens (tertiary/aromatic N) is 5. The monoisotopic (exact) mass is 409 g/mol. The number of thiophene rings is 1. The highest BCUT2D eigenvalue weighted by Crippen LogP contribution is 2.33. The average molecular weight is 410 g/mol. The summed E-state index contributed by atoms with van der Waals surface area (Å²) < 4.78 is 18.1. The second-order valence-corrected chi connectivity index (χ2v) is 8.72. The third kappa shape index (κ3) is 4.31. The fourth-order valence-electron chi connectivity index (χ4n) is 3.45. The predicted octanol–water partition coefficient (Wildman–Crippen LogP) is 4.69. The van der Waals surface area contributed by atoms with E-state index in [0.29, 0.717) is 5.69 Å². The highest BCUT2D eigenvalue weighted by Gasteiger charge is 2.18. The molecule has 0 aliphatic heterocycles. The third-order valence-electron chi connectivity index (χ3n) is 4.92. The van der Waals surface area contributed by atoms with Gasteiger partial charge >= 0.3 is 0 Å². The largest absolute Gasteiger partial charge is 0.336 e. The smallest absolute Gasteiger partial charge is 0.148 e. The second-order valence-electron chi connectivity index (χ2n) is 7.26. The Morgan fingerprint density at radius 3 is 2.72 bits per heavy atom. The van der Waals surface area contributed by atoms with Crippen LogP contribution in [0.3, 0.4) is 0 Å². The maximum Gasteiger partial charge on any atom is 0.148 e. The summed E-state index contributed by atoms with van der Waals surface area (Å²) in [5.41, 5.74) is 3.60. The van der Waals surface area contributed by atoms with Crippen molar-refractivity contribution < 1.29 is 4.39 Å². The van der Waals surface area contributed by atoms with Gasteiger partial charge in [0, 0.05) is 59.1 Å². The van der Waals surface area contributed by atoms with Gasteiger partial charge in [0.2, 0.25) is 0 Å². The molecule has 5 nitrogen and oxygen atoms in total. The van der Waals surface area contributed by atoms with E-state index in [4.69, 9.17) is 5.10 Å². The van der Waals surface area contributed by atoms with Crippen molar-refractivity contribution in [2.75, 3.05) is 13.6 Å². The Hall–Kier alpha value is -2.77. The lowest BCUT2D eigenvalue weighted by Gasteiger charge is -2.16. The van der Waals surface area contributed by atoms with Crippen molar-refractivity contribution in [3.63, 3.8) is 0 Å². The molecule has 4 aromatic rings. The van der Waals surface area contributed by atoms with Gasteiger partial charge in [0.25, 0.3) is 0 Å². The van der Waals surface area contributed by atoms with Crippen molar-refractivity contribution in [2.45, 2.75) is 26.9 Å². The first-order valence-electron chi connectivity index (χ1n) is 9.56. The Labute approximate surface area is 174 Å². The van der Waals surface area contributed by atoms with Crippen LogP contribution in [0.25, 0.3) is 16.9 Å². The molecule has 0 spiro atoms. The number of halogens is 1. The van der Waals surface area contributed by atoms with Crippen molar-refractivity contribution in [3.8, 4) is 16.9 Å². The Balaban J connectivity index is 1.65. The summed E-state index contributed by atoms with van der Waals surface area (Å²) in [4.78, 5) is 8.82. The van der Waals surface area contributed by atoms with Crippen LogP contribution in [0.2, 0.25) is 0 Å². The number of rotatable bonds is 7. The lowest BCUT2D eigenvalue weighted by Crippen LogP contribution is -2.22. The molecular weight excluding hydrogens is 385 g/mol. The Morgan fingerprint density at radius 1 is 1.21 bits per heavy atom. The minimum Gasteiger partial charge on any atom is -0.336 e. The summed E-state index contributed by atoms with van der Waals surface area (Å²) in [7, 11) is 2.09. The SMILES string of the molecule is Cc1cc(-c2nn(-c3ccccc3F)cc2CN(C)CCn2ccnc2)c(C)s1. The minimum atomic E-state index is -0.278. The zero-order valence-corrected chi connectivity index (χ0v) is 17.7. The van der Waals surface area contributed by atoms with E-state index in [1.807, 2.05) is 24.8 Å². The van der Waals surface area contributed by atoms with Crippen molar-refractivity contribution in [1.82, 2.24) is 24.2 Å². The van der Waals surface area contributed by atoms with Gasteiger partial charge in [-0.2, -0.15) is 5.10 Å². The standard InChI is InChI=1S/C22H24FN5S/c1-16-12-19(17(2)29-16)22-18(13-26(3)10-11-27-9-8-24-15-27)14-28(25-22)21-7-5-4-6-20(21)23/h4-9,12,14-15H,10-11,13H2,1-3H3. The van der Waals surface area contributed by atoms with Gasteiger partial charge in [-0.05, 0) is 39.1 Å². The van der Waals surface area contributed by atoms with Crippen LogP contribution in [0.5, 0.6) is 0 Å². The highest BCUT2D eigenvalue weighted by atomic mass is 32.1. The lowest BCUT2D eigenvalue weighted by atomic mass is 10.1. The number of likely N-dealkylation sites (N-methyl/N-ethyl adjacent to an activating group) is 1. The highest BCUT2D eigenvalue weighted by molar-refractivity contribution is 7.12. The van der Waals surface area contributed by atoms with E-state index < -0.39 is 0 Å². The van der Waals surface area contributed by atoms with Crippen molar-refractivity contribution in [2.24, 2.45) is 0 Å². The summed E-state index contributed by atoms with van der Waals surface area (Å²) in [5, 5.41) is 4.79. The van der Waals surface area contributed by atoms with E-state index in [2.05, 4.69) is 41.4 Å². The topological polar surface area (TPSA) is 38.9 Å². The number of benzene rings is 1. The van der Waals surface area contributed by atoms with E-state index in [1.54, 1.807) is 34.3 Å². The minimum absolute atomic E-state index is 0.278. The van der Waals surface area contributed by atoms with Crippen LogP contribution in [-0.2, 0) is 13.1 Å². The van der Waals surface area contributed by atoms with E-state index in [9.17, 15) is 4.39 Å². The molecule has 0 amide bonds. The molecule has 0 N–H and O–H groups in total. The molecule has 7 heteroatoms. The molecule has 0 bridgehead atoms. The summed E-state index contributed by atoms with van der Waals surface area (Å²) in [6.45, 7) is 6.69. The van der Waals surface area contributed by atoms with E-state index >= 15 is 0 Å². The Kier molecular flexibility index (Phi) is 5.60. The van der Waals surface area contributed by atoms with Crippen LogP contribution in [0.15, 0.2) is 55.2 Å². The number of aryl methyl sites for hydroxylation is 2. The Morgan fingerprint density at radius 2 is 2.03 bits per heavy atom. The third-order valence-corrected chi connectivity index (χ3v) is 5.89. The molecule has 0 fully saturated rings. The van der Waals surface area contributed by atoms with Crippen LogP contribution in [-0.4, -0.2) is 37.8 Å². The summed E-state index contributed by atoms with van der Waals surface area (Å²) in [5.74, 6) is -0.278. The zero-order valence-electron chi connectivity index (χ0n) is 16.8. The average Bonchev–Trinajstić information content (AvgIpc) is 3.41. The fraction of sp³-hybridized carbons (Fsp3) is 0.273. The zero-order chi connectivity index (χ0) is 20.4. The number of para-hydroxylation sites is 1. The van der Waals surface area contributed by atoms with Gasteiger partial charge in [0.1, 0.15) is 11.5 Å². The number of hydrogen-bond acceptors (Lipinski definition) is 4. The van der Waals surface area contributed by atoms with Gasteiger partial charge in [0.05, 0.1) is 12.0 Å². The van der Waals surface area contributed by atoms with Crippen LogP contribution < -0.4 is 0 Å². The molecule has 3 aromatic heterocycles. The molecule has 0 unspecified atom stereocenters. The molecule has 150 valence electrons. The molecule has 0 saturated heterocycles. The number of aromatic nitrogens is 4. The predicted molar refractivity (Wildman–Crippen MR) is 115 cm³/mol. The van der Waals surface area contributed by atoms with Gasteiger partial charge in [-0.15, -0.1) is 11.3 Å². The molecular formula is C22H24FN5S. The first-order valence-corrected chi connectivity index (χ1v) is 10.4. The molecule has 3 heterocycles. The van der Waals surface area contributed by atoms with E-state index in [-0.39, 0.29) is 5.82 Å². The molecule has 0 saturated carbocycles. The van der Waals surface area contributed by atoms with E-state index in [1.165, 1.54) is 15.8 Å². The maximum atomic E-state index is 14.4. The van der Waals surface area contributed by atoms with E-state index in [0.717, 1.165) is 36.5 Å². The normalized spacial score (nSPS) is 11.5. The van der Waals surface area contributed by atoms with Crippen molar-refractivity contribution >= 4 is 11.3 Å². The molecule has 1 aromatic carbocycles. The van der Waals surface area contributed by atoms with Gasteiger partial charge in [-0.1, -0.05) is 12.1 Å². The maximum absolute atomic E-state index is 14.4. The molecule has 0 aliphatic carbocycles. The second kappa shape index (κ2) is 8.31. The van der Waals surface area contributed by atoms with Gasteiger partial charge in [0.15, 0.2) is 0 Å². The van der Waals surface area contributed by atoms with Gasteiger partial charge in [-0.25, -0.2) is 14.1 Å². The summed E-state index contributed by atoms with van der Waals surface area (Å²) >= 11 is 1.76. The lowest BCUT2D eigenvalue weighted by molar-refractivity contribution is 0.312. The van der Waals surface area contributed by atoms with Crippen molar-refractivity contribution in [3.05, 3.63) is 76.4 Å². The molecule has 0 aliphatic rings. The Bertz CT molecular complexity index is 1100. The molecule has 4 rings (SSSR count). The quantitative estimate of drug-likeness (QED) is 0.445. The van der Waals surface area contributed by atoms with Crippen LogP contribution in [0.1, 0.15) is 15.3 Å². The number of hydrogen-bond donors (Lipinski definition) is 0. The molecule has 29 heavy (non-hydrogen) atoms. The number of imidazole rings is 1. The van der Waals surface area contributed by atoms with Gasteiger partial charge in [-0.3, -0.25) is 0 Å². The fourth-order valence-corrected chi connectivity index (χ4v) is 4.38. The van der Waals surface area contributed by atoms with Crippen LogP contribution in [0.4, 0.5) is 4.39 Å². The molecule has 0 radical (unpaired) electrons. The summed E-state index contributed by atoms with van der Waals surface area (Å²) in [6, 6.07) is 8.91. The van der Waals surface area contributed by atoms with Crippen LogP contribution in [0, 0.1) is 19.7 Å².